The highest BCUT2D eigenvalue weighted by atomic mass is 19.1. The lowest BCUT2D eigenvalue weighted by molar-refractivity contribution is -0.116. The second-order valence-corrected chi connectivity index (χ2v) is 12.3. The van der Waals surface area contributed by atoms with Gasteiger partial charge in [0.1, 0.15) is 11.5 Å². The van der Waals surface area contributed by atoms with Gasteiger partial charge in [0, 0.05) is 23.2 Å². The van der Waals surface area contributed by atoms with E-state index in [4.69, 9.17) is 0 Å². The van der Waals surface area contributed by atoms with Crippen LogP contribution in [0.25, 0.3) is 0 Å². The molecule has 2 aromatic rings. The number of carbonyl (C=O) groups is 1. The van der Waals surface area contributed by atoms with E-state index in [0.717, 1.165) is 85.9 Å². The van der Waals surface area contributed by atoms with E-state index in [-0.39, 0.29) is 28.6 Å². The first kappa shape index (κ1) is 25.3. The van der Waals surface area contributed by atoms with Crippen molar-refractivity contribution in [1.29, 1.82) is 0 Å². The molecule has 2 saturated carbocycles. The Hall–Kier alpha value is -2.96. The van der Waals surface area contributed by atoms with Crippen LogP contribution < -0.4 is 10.9 Å². The number of amides is 1. The Labute approximate surface area is 223 Å². The molecule has 0 radical (unpaired) electrons. The summed E-state index contributed by atoms with van der Waals surface area (Å²) in [7, 11) is 0. The van der Waals surface area contributed by atoms with Crippen molar-refractivity contribution in [3.05, 3.63) is 68.0 Å². The summed E-state index contributed by atoms with van der Waals surface area (Å²) in [4.78, 5) is 28.2. The maximum absolute atomic E-state index is 14.6. The smallest absolute Gasteiger partial charge is 0.271 e. The Morgan fingerprint density at radius 3 is 2.92 bits per heavy atom. The fraction of sp³-hybridized carbons (Fsp3) is 0.581. The maximum atomic E-state index is 14.6. The molecule has 6 rings (SSSR count). The second kappa shape index (κ2) is 9.97. The van der Waals surface area contributed by atoms with Crippen molar-refractivity contribution in [1.82, 2.24) is 4.98 Å². The molecule has 5 atom stereocenters. The summed E-state index contributed by atoms with van der Waals surface area (Å²) in [6, 6.07) is 7.33. The molecule has 38 heavy (non-hydrogen) atoms. The van der Waals surface area contributed by atoms with Crippen molar-refractivity contribution in [2.75, 3.05) is 5.32 Å². The van der Waals surface area contributed by atoms with Crippen molar-refractivity contribution < 1.29 is 9.18 Å². The van der Waals surface area contributed by atoms with Gasteiger partial charge in [0.15, 0.2) is 0 Å². The summed E-state index contributed by atoms with van der Waals surface area (Å²) < 4.78 is 14.6. The zero-order valence-corrected chi connectivity index (χ0v) is 22.2. The molecular weight excluding hydrogens is 481 g/mol. The van der Waals surface area contributed by atoms with Gasteiger partial charge in [-0.1, -0.05) is 19.1 Å². The fourth-order valence-corrected chi connectivity index (χ4v) is 8.57. The SMILES string of the molecule is C[C@]12CCC3c4cccc(F)c4CCC3C1[C@H](CCCC(=O)Nc1cc3c([nH]c1=O)CCCC3)C/C2=N\[O-]. The van der Waals surface area contributed by atoms with Crippen molar-refractivity contribution in [3.8, 4) is 0 Å². The molecule has 0 saturated heterocycles. The molecule has 2 fully saturated rings. The van der Waals surface area contributed by atoms with Gasteiger partial charge in [-0.25, -0.2) is 4.39 Å². The number of aromatic amines is 1. The number of halogens is 1. The first-order chi connectivity index (χ1) is 18.4. The topological polar surface area (TPSA) is 97.4 Å². The number of benzene rings is 1. The minimum absolute atomic E-state index is 0.0946. The Morgan fingerprint density at radius 1 is 1.24 bits per heavy atom. The highest BCUT2D eigenvalue weighted by Gasteiger charge is 2.56. The number of hydrogen-bond acceptors (Lipinski definition) is 4. The predicted molar refractivity (Wildman–Crippen MR) is 147 cm³/mol. The van der Waals surface area contributed by atoms with Crippen LogP contribution in [0.4, 0.5) is 10.1 Å². The third-order valence-electron chi connectivity index (χ3n) is 10.3. The van der Waals surface area contributed by atoms with Crippen LogP contribution in [-0.4, -0.2) is 16.6 Å². The van der Waals surface area contributed by atoms with Crippen molar-refractivity contribution in [2.24, 2.45) is 28.3 Å². The van der Waals surface area contributed by atoms with Crippen molar-refractivity contribution in [3.63, 3.8) is 0 Å². The van der Waals surface area contributed by atoms with Crippen LogP contribution in [0.5, 0.6) is 0 Å². The molecule has 1 aromatic heterocycles. The minimum Gasteiger partial charge on any atom is -0.792 e. The first-order valence-electron chi connectivity index (χ1n) is 14.4. The van der Waals surface area contributed by atoms with Gasteiger partial charge in [0.05, 0.1) is 0 Å². The second-order valence-electron chi connectivity index (χ2n) is 12.3. The van der Waals surface area contributed by atoms with Crippen LogP contribution >= 0.6 is 0 Å². The van der Waals surface area contributed by atoms with Gasteiger partial charge in [0.25, 0.3) is 5.56 Å². The zero-order valence-electron chi connectivity index (χ0n) is 22.2. The molecule has 202 valence electrons. The van der Waals surface area contributed by atoms with Gasteiger partial charge >= 0.3 is 0 Å². The third-order valence-corrected chi connectivity index (χ3v) is 10.3. The maximum Gasteiger partial charge on any atom is 0.271 e. The van der Waals surface area contributed by atoms with Crippen LogP contribution in [0.3, 0.4) is 0 Å². The van der Waals surface area contributed by atoms with E-state index < -0.39 is 0 Å². The monoisotopic (exact) mass is 518 g/mol. The molecule has 0 aliphatic heterocycles. The number of nitrogens with zero attached hydrogens (tertiary/aromatic N) is 1. The zero-order chi connectivity index (χ0) is 26.4. The molecule has 1 amide bonds. The first-order valence-corrected chi connectivity index (χ1v) is 14.4. The molecule has 1 heterocycles. The van der Waals surface area contributed by atoms with Crippen LogP contribution in [0.15, 0.2) is 34.2 Å². The van der Waals surface area contributed by atoms with Gasteiger partial charge in [-0.3, -0.25) is 9.59 Å². The molecule has 3 unspecified atom stereocenters. The third kappa shape index (κ3) is 4.28. The molecule has 4 aliphatic carbocycles. The van der Waals surface area contributed by atoms with E-state index >= 15 is 0 Å². The van der Waals surface area contributed by atoms with E-state index in [1.807, 2.05) is 12.1 Å². The largest absolute Gasteiger partial charge is 0.792 e. The molecule has 2 N–H and O–H groups in total. The number of carbonyl (C=O) groups excluding carboxylic acids is 1. The summed E-state index contributed by atoms with van der Waals surface area (Å²) >= 11 is 0. The van der Waals surface area contributed by atoms with Gasteiger partial charge in [-0.15, -0.1) is 0 Å². The lowest BCUT2D eigenvalue weighted by Gasteiger charge is -2.50. The van der Waals surface area contributed by atoms with E-state index in [1.54, 1.807) is 6.07 Å². The van der Waals surface area contributed by atoms with E-state index in [1.165, 1.54) is 0 Å². The lowest BCUT2D eigenvalue weighted by Crippen LogP contribution is -2.44. The quantitative estimate of drug-likeness (QED) is 0.460. The number of H-pyrrole nitrogens is 1. The number of fused-ring (bicyclic) bond motifs is 6. The fourth-order valence-electron chi connectivity index (χ4n) is 8.57. The van der Waals surface area contributed by atoms with Gasteiger partial charge in [-0.2, -0.15) is 0 Å². The van der Waals surface area contributed by atoms with Crippen molar-refractivity contribution in [2.45, 2.75) is 89.9 Å². The Kier molecular flexibility index (Phi) is 6.65. The summed E-state index contributed by atoms with van der Waals surface area (Å²) in [6.45, 7) is 2.21. The van der Waals surface area contributed by atoms with Crippen LogP contribution in [-0.2, 0) is 24.1 Å². The average Bonchev–Trinajstić information content (AvgIpc) is 3.20. The Bertz CT molecular complexity index is 1330. The number of nitrogens with one attached hydrogen (secondary N) is 2. The highest BCUT2D eigenvalue weighted by Crippen LogP contribution is 2.62. The Morgan fingerprint density at radius 2 is 2.08 bits per heavy atom. The van der Waals surface area contributed by atoms with Crippen LogP contribution in [0.2, 0.25) is 0 Å². The molecule has 6 nitrogen and oxygen atoms in total. The Balaban J connectivity index is 1.14. The number of aromatic nitrogens is 1. The average molecular weight is 519 g/mol. The van der Waals surface area contributed by atoms with Crippen molar-refractivity contribution >= 4 is 17.3 Å². The van der Waals surface area contributed by atoms with Gasteiger partial charge in [0.2, 0.25) is 5.91 Å². The summed E-state index contributed by atoms with van der Waals surface area (Å²) in [5, 5.41) is 18.3. The van der Waals surface area contributed by atoms with E-state index in [0.29, 0.717) is 42.7 Å². The minimum atomic E-state index is -0.232. The van der Waals surface area contributed by atoms with Crippen LogP contribution in [0, 0.1) is 34.2 Å². The molecule has 1 aromatic carbocycles. The predicted octanol–water partition coefficient (Wildman–Crippen LogP) is 6.22. The molecule has 4 aliphatic rings. The van der Waals surface area contributed by atoms with Crippen LogP contribution in [0.1, 0.15) is 93.0 Å². The molecule has 0 bridgehead atoms. The molecular formula is C31H37FN3O3-. The molecule has 7 heteroatoms. The highest BCUT2D eigenvalue weighted by molar-refractivity contribution is 5.93. The van der Waals surface area contributed by atoms with Gasteiger partial charge < -0.3 is 20.7 Å². The summed E-state index contributed by atoms with van der Waals surface area (Å²) in [5.74, 6) is 1.08. The number of anilines is 1. The van der Waals surface area contributed by atoms with Gasteiger partial charge in [-0.05, 0) is 123 Å². The number of aryl methyl sites for hydroxylation is 2. The summed E-state index contributed by atoms with van der Waals surface area (Å²) in [5.41, 5.74) is 4.83. The lowest BCUT2D eigenvalue weighted by atomic mass is 9.54. The summed E-state index contributed by atoms with van der Waals surface area (Å²) in [6.07, 6.45) is 10.1. The number of hydrogen-bond donors (Lipinski definition) is 2. The number of pyridine rings is 1. The molecule has 0 spiro atoms. The number of rotatable bonds is 5. The standard InChI is InChI=1S/C31H38FN3O3/c1-31-15-14-21-20-8-5-9-24(32)22(20)12-13-23(21)29(31)19(17-27(31)35-38)7-4-11-28(36)33-26-16-18-6-2-3-10-25(18)34-30(26)37/h5,8-9,16,19,21,23,29,38H,2-4,6-7,10-15,17H2,1H3,(H,33,36)(H,34,37)/p-1/b35-27+/t19-,21?,23?,29?,31-/m1/s1. The van der Waals surface area contributed by atoms with E-state index in [2.05, 4.69) is 28.4 Å². The normalized spacial score (nSPS) is 30.7. The van der Waals surface area contributed by atoms with E-state index in [9.17, 15) is 19.2 Å².